The summed E-state index contributed by atoms with van der Waals surface area (Å²) in [4.78, 5) is 8.22. The van der Waals surface area contributed by atoms with E-state index in [0.717, 1.165) is 17.3 Å². The Kier molecular flexibility index (Phi) is 3.11. The maximum absolute atomic E-state index is 4.18. The molecule has 0 aromatic carbocycles. The van der Waals surface area contributed by atoms with Gasteiger partial charge in [0.2, 0.25) is 0 Å². The number of rotatable bonds is 2. The first-order valence-electron chi connectivity index (χ1n) is 3.40. The number of hydrogen-bond acceptors (Lipinski definition) is 3. The standard InChI is InChI=1S/C8H10N2S/c1-7-4-5-9-8(10-7)3-2-6-11/h2-5,11H,6H2,1H3. The molecule has 0 aliphatic heterocycles. The average molecular weight is 166 g/mol. The zero-order valence-corrected chi connectivity index (χ0v) is 7.25. The molecule has 2 nitrogen and oxygen atoms in total. The minimum absolute atomic E-state index is 0.720. The van der Waals surface area contributed by atoms with Gasteiger partial charge in [0.1, 0.15) is 0 Å². The summed E-state index contributed by atoms with van der Waals surface area (Å²) >= 11 is 4.03. The molecule has 1 aromatic rings. The van der Waals surface area contributed by atoms with Crippen molar-refractivity contribution in [2.24, 2.45) is 0 Å². The van der Waals surface area contributed by atoms with E-state index in [1.807, 2.05) is 25.1 Å². The average Bonchev–Trinajstić information content (AvgIpc) is 2.01. The van der Waals surface area contributed by atoms with Gasteiger partial charge >= 0.3 is 0 Å². The quantitative estimate of drug-likeness (QED) is 0.677. The van der Waals surface area contributed by atoms with Crippen LogP contribution in [-0.2, 0) is 0 Å². The molecule has 3 heteroatoms. The molecule has 0 unspecified atom stereocenters. The second-order valence-corrected chi connectivity index (χ2v) is 2.51. The van der Waals surface area contributed by atoms with Crippen LogP contribution >= 0.6 is 12.6 Å². The summed E-state index contributed by atoms with van der Waals surface area (Å²) in [6, 6.07) is 1.87. The summed E-state index contributed by atoms with van der Waals surface area (Å²) < 4.78 is 0. The molecule has 0 N–H and O–H groups in total. The van der Waals surface area contributed by atoms with Crippen molar-refractivity contribution in [2.75, 3.05) is 5.75 Å². The van der Waals surface area contributed by atoms with E-state index < -0.39 is 0 Å². The lowest BCUT2D eigenvalue weighted by Crippen LogP contribution is -1.88. The van der Waals surface area contributed by atoms with Crippen LogP contribution in [0.15, 0.2) is 18.3 Å². The Hall–Kier alpha value is -0.830. The third-order valence-corrected chi connectivity index (χ3v) is 1.40. The number of aryl methyl sites for hydroxylation is 1. The fraction of sp³-hybridized carbons (Fsp3) is 0.250. The van der Waals surface area contributed by atoms with Crippen molar-refractivity contribution in [2.45, 2.75) is 6.92 Å². The molecule has 0 saturated carbocycles. The van der Waals surface area contributed by atoms with Crippen LogP contribution < -0.4 is 0 Å². The Bertz CT molecular complexity index is 258. The van der Waals surface area contributed by atoms with Gasteiger partial charge < -0.3 is 0 Å². The highest BCUT2D eigenvalue weighted by Gasteiger charge is 1.88. The number of hydrogen-bond donors (Lipinski definition) is 1. The molecule has 0 aliphatic rings. The molecule has 11 heavy (non-hydrogen) atoms. The first kappa shape index (κ1) is 8.27. The van der Waals surface area contributed by atoms with E-state index >= 15 is 0 Å². The zero-order chi connectivity index (χ0) is 8.10. The lowest BCUT2D eigenvalue weighted by molar-refractivity contribution is 1.08. The monoisotopic (exact) mass is 166 g/mol. The molecular formula is C8H10N2S. The van der Waals surface area contributed by atoms with E-state index in [-0.39, 0.29) is 0 Å². The molecule has 0 amide bonds. The lowest BCUT2D eigenvalue weighted by Gasteiger charge is -1.92. The fourth-order valence-corrected chi connectivity index (χ4v) is 0.812. The van der Waals surface area contributed by atoms with Crippen LogP contribution in [0.4, 0.5) is 0 Å². The topological polar surface area (TPSA) is 25.8 Å². The normalized spacial score (nSPS) is 10.7. The first-order chi connectivity index (χ1) is 5.33. The van der Waals surface area contributed by atoms with Crippen LogP contribution in [0.3, 0.4) is 0 Å². The Labute approximate surface area is 71.8 Å². The molecule has 0 atom stereocenters. The molecule has 58 valence electrons. The van der Waals surface area contributed by atoms with Gasteiger partial charge in [-0.1, -0.05) is 6.08 Å². The van der Waals surface area contributed by atoms with Crippen LogP contribution in [0.1, 0.15) is 11.5 Å². The first-order valence-corrected chi connectivity index (χ1v) is 4.03. The summed E-state index contributed by atoms with van der Waals surface area (Å²) in [7, 11) is 0. The molecule has 1 rings (SSSR count). The Morgan fingerprint density at radius 2 is 2.45 bits per heavy atom. The van der Waals surface area contributed by atoms with Crippen molar-refractivity contribution in [1.29, 1.82) is 0 Å². The van der Waals surface area contributed by atoms with Gasteiger partial charge in [-0.05, 0) is 19.1 Å². The van der Waals surface area contributed by atoms with Crippen LogP contribution in [0.2, 0.25) is 0 Å². The van der Waals surface area contributed by atoms with Gasteiger partial charge in [-0.3, -0.25) is 0 Å². The maximum atomic E-state index is 4.18. The second kappa shape index (κ2) is 4.13. The second-order valence-electron chi connectivity index (χ2n) is 2.14. The SMILES string of the molecule is Cc1ccnc(C=CCS)n1. The van der Waals surface area contributed by atoms with Crippen LogP contribution in [0, 0.1) is 6.92 Å². The Morgan fingerprint density at radius 3 is 3.09 bits per heavy atom. The Morgan fingerprint density at radius 1 is 1.64 bits per heavy atom. The number of nitrogens with zero attached hydrogens (tertiary/aromatic N) is 2. The third-order valence-electron chi connectivity index (χ3n) is 1.19. The van der Waals surface area contributed by atoms with Crippen molar-refractivity contribution < 1.29 is 0 Å². The van der Waals surface area contributed by atoms with E-state index in [1.165, 1.54) is 0 Å². The van der Waals surface area contributed by atoms with E-state index in [0.29, 0.717) is 0 Å². The van der Waals surface area contributed by atoms with Gasteiger partial charge in [0.25, 0.3) is 0 Å². The van der Waals surface area contributed by atoms with Crippen molar-refractivity contribution >= 4 is 18.7 Å². The van der Waals surface area contributed by atoms with E-state index in [9.17, 15) is 0 Å². The lowest BCUT2D eigenvalue weighted by atomic mass is 10.4. The highest BCUT2D eigenvalue weighted by Crippen LogP contribution is 1.95. The third kappa shape index (κ3) is 2.72. The van der Waals surface area contributed by atoms with Gasteiger partial charge in [0.05, 0.1) is 0 Å². The fourth-order valence-electron chi connectivity index (χ4n) is 0.707. The van der Waals surface area contributed by atoms with Gasteiger partial charge in [-0.15, -0.1) is 0 Å². The van der Waals surface area contributed by atoms with Gasteiger partial charge in [-0.2, -0.15) is 12.6 Å². The van der Waals surface area contributed by atoms with Crippen LogP contribution in [-0.4, -0.2) is 15.7 Å². The minimum atomic E-state index is 0.720. The molecule has 1 heterocycles. The molecule has 0 aliphatic carbocycles. The van der Waals surface area contributed by atoms with Crippen molar-refractivity contribution in [3.8, 4) is 0 Å². The number of thiol groups is 1. The minimum Gasteiger partial charge on any atom is -0.237 e. The van der Waals surface area contributed by atoms with Crippen molar-refractivity contribution in [1.82, 2.24) is 9.97 Å². The molecule has 0 saturated heterocycles. The predicted octanol–water partition coefficient (Wildman–Crippen LogP) is 1.73. The number of aromatic nitrogens is 2. The Balaban J connectivity index is 2.79. The molecule has 0 bridgehead atoms. The highest BCUT2D eigenvalue weighted by molar-refractivity contribution is 7.80. The smallest absolute Gasteiger partial charge is 0.151 e. The van der Waals surface area contributed by atoms with Gasteiger partial charge in [0.15, 0.2) is 5.82 Å². The van der Waals surface area contributed by atoms with Gasteiger partial charge in [0, 0.05) is 17.6 Å². The molecule has 0 fully saturated rings. The van der Waals surface area contributed by atoms with Crippen LogP contribution in [0.25, 0.3) is 6.08 Å². The van der Waals surface area contributed by atoms with Gasteiger partial charge in [-0.25, -0.2) is 9.97 Å². The molecule has 1 aromatic heterocycles. The molecule has 0 spiro atoms. The zero-order valence-electron chi connectivity index (χ0n) is 6.36. The highest BCUT2D eigenvalue weighted by atomic mass is 32.1. The van der Waals surface area contributed by atoms with Crippen molar-refractivity contribution in [3.05, 3.63) is 29.9 Å². The van der Waals surface area contributed by atoms with E-state index in [2.05, 4.69) is 22.6 Å². The predicted molar refractivity (Wildman–Crippen MR) is 49.7 cm³/mol. The molecular weight excluding hydrogens is 156 g/mol. The molecule has 0 radical (unpaired) electrons. The maximum Gasteiger partial charge on any atom is 0.151 e. The summed E-state index contributed by atoms with van der Waals surface area (Å²) in [5, 5.41) is 0. The summed E-state index contributed by atoms with van der Waals surface area (Å²) in [5.74, 6) is 1.47. The largest absolute Gasteiger partial charge is 0.237 e. The van der Waals surface area contributed by atoms with Crippen molar-refractivity contribution in [3.63, 3.8) is 0 Å². The summed E-state index contributed by atoms with van der Waals surface area (Å²) in [5.41, 5.74) is 0.985. The van der Waals surface area contributed by atoms with E-state index in [1.54, 1.807) is 6.20 Å². The van der Waals surface area contributed by atoms with E-state index in [4.69, 9.17) is 0 Å². The summed E-state index contributed by atoms with van der Waals surface area (Å²) in [6.07, 6.45) is 5.53. The summed E-state index contributed by atoms with van der Waals surface area (Å²) in [6.45, 7) is 1.94. The van der Waals surface area contributed by atoms with Crippen LogP contribution in [0.5, 0.6) is 0 Å².